The van der Waals surface area contributed by atoms with Crippen molar-refractivity contribution in [3.05, 3.63) is 52.4 Å². The molecule has 0 bridgehead atoms. The minimum atomic E-state index is -0.463. The van der Waals surface area contributed by atoms with E-state index in [0.717, 1.165) is 34.8 Å². The Balaban J connectivity index is 1.80. The number of thiophene rings is 1. The van der Waals surface area contributed by atoms with Gasteiger partial charge in [0, 0.05) is 12.0 Å². The maximum absolute atomic E-state index is 13.2. The summed E-state index contributed by atoms with van der Waals surface area (Å²) in [6, 6.07) is 12.3. The fourth-order valence-electron chi connectivity index (χ4n) is 3.22. The van der Waals surface area contributed by atoms with Gasteiger partial charge in [-0.15, -0.1) is 11.3 Å². The largest absolute Gasteiger partial charge is 0.331 e. The molecule has 5 heteroatoms. The first kappa shape index (κ1) is 18.6. The van der Waals surface area contributed by atoms with Crippen molar-refractivity contribution < 1.29 is 9.59 Å². The lowest BCUT2D eigenvalue weighted by molar-refractivity contribution is -0.123. The van der Waals surface area contributed by atoms with Crippen LogP contribution in [0, 0.1) is 12.3 Å². The molecule has 0 aliphatic carbocycles. The lowest BCUT2D eigenvalue weighted by atomic mass is 9.96. The van der Waals surface area contributed by atoms with Crippen molar-refractivity contribution in [2.75, 3.05) is 11.9 Å². The third-order valence-electron chi connectivity index (χ3n) is 4.73. The molecule has 2 aromatic rings. The van der Waals surface area contributed by atoms with Gasteiger partial charge < -0.3 is 10.2 Å². The Kier molecular flexibility index (Phi) is 5.19. The van der Waals surface area contributed by atoms with Crippen LogP contribution in [0.25, 0.3) is 0 Å². The maximum Gasteiger partial charge on any atom is 0.264 e. The fourth-order valence-corrected chi connectivity index (χ4v) is 4.24. The van der Waals surface area contributed by atoms with E-state index in [0.29, 0.717) is 0 Å². The van der Waals surface area contributed by atoms with Gasteiger partial charge in [0.1, 0.15) is 0 Å². The summed E-state index contributed by atoms with van der Waals surface area (Å²) in [4.78, 5) is 28.1. The molecule has 2 heterocycles. The first-order valence-corrected chi connectivity index (χ1v) is 9.87. The Labute approximate surface area is 159 Å². The predicted octanol–water partition coefficient (Wildman–Crippen LogP) is 5.02. The highest BCUT2D eigenvalue weighted by molar-refractivity contribution is 7.18. The van der Waals surface area contributed by atoms with Crippen LogP contribution < -0.4 is 5.32 Å². The highest BCUT2D eigenvalue weighted by Gasteiger charge is 2.32. The number of hydrogen-bond acceptors (Lipinski definition) is 3. The first-order valence-electron chi connectivity index (χ1n) is 9.05. The summed E-state index contributed by atoms with van der Waals surface area (Å²) in [5.74, 6) is 0.0243. The highest BCUT2D eigenvalue weighted by Crippen LogP contribution is 2.36. The van der Waals surface area contributed by atoms with E-state index >= 15 is 0 Å². The standard InChI is InChI=1S/C21H26N2O2S/c1-14-13-17(22-20(25)21(2,3)4)26-18(14)19(24)23-12-8-11-16(23)15-9-6-5-7-10-15/h5-7,9-10,13,16H,8,11-12H2,1-4H3,(H,22,25)/t16-/m1/s1. The molecule has 1 atom stereocenters. The zero-order valence-corrected chi connectivity index (χ0v) is 16.7. The van der Waals surface area contributed by atoms with Gasteiger partial charge in [-0.1, -0.05) is 51.1 Å². The number of likely N-dealkylation sites (tertiary alicyclic amines) is 1. The van der Waals surface area contributed by atoms with Gasteiger partial charge in [-0.2, -0.15) is 0 Å². The van der Waals surface area contributed by atoms with E-state index in [9.17, 15) is 9.59 Å². The molecular formula is C21H26N2O2S. The van der Waals surface area contributed by atoms with Gasteiger partial charge in [0.05, 0.1) is 15.9 Å². The molecule has 1 aromatic carbocycles. The molecule has 1 aliphatic rings. The Morgan fingerprint density at radius 2 is 1.88 bits per heavy atom. The minimum absolute atomic E-state index is 0.0407. The molecule has 1 aliphatic heterocycles. The van der Waals surface area contributed by atoms with Gasteiger partial charge in [0.2, 0.25) is 5.91 Å². The summed E-state index contributed by atoms with van der Waals surface area (Å²) in [7, 11) is 0. The van der Waals surface area contributed by atoms with Crippen LogP contribution in [-0.4, -0.2) is 23.3 Å². The van der Waals surface area contributed by atoms with Gasteiger partial charge in [0.15, 0.2) is 0 Å². The molecule has 0 unspecified atom stereocenters. The molecule has 2 amide bonds. The Hall–Kier alpha value is -2.14. The maximum atomic E-state index is 13.2. The van der Waals surface area contributed by atoms with E-state index in [2.05, 4.69) is 17.4 Å². The molecule has 1 aromatic heterocycles. The summed E-state index contributed by atoms with van der Waals surface area (Å²) in [6.07, 6.45) is 2.01. The molecule has 26 heavy (non-hydrogen) atoms. The quantitative estimate of drug-likeness (QED) is 0.825. The average Bonchev–Trinajstić information content (AvgIpc) is 3.21. The van der Waals surface area contributed by atoms with Gasteiger partial charge >= 0.3 is 0 Å². The third kappa shape index (κ3) is 3.83. The number of rotatable bonds is 3. The number of aryl methyl sites for hydroxylation is 1. The van der Waals surface area contributed by atoms with Crippen LogP contribution in [0.5, 0.6) is 0 Å². The number of amides is 2. The number of benzene rings is 1. The Morgan fingerprint density at radius 1 is 1.19 bits per heavy atom. The molecule has 1 N–H and O–H groups in total. The first-order chi connectivity index (χ1) is 12.3. The SMILES string of the molecule is Cc1cc(NC(=O)C(C)(C)C)sc1C(=O)N1CCC[C@@H]1c1ccccc1. The topological polar surface area (TPSA) is 49.4 Å². The van der Waals surface area contributed by atoms with Gasteiger partial charge in [-0.05, 0) is 37.0 Å². The van der Waals surface area contributed by atoms with Crippen molar-refractivity contribution >= 4 is 28.2 Å². The van der Waals surface area contributed by atoms with Crippen molar-refractivity contribution in [3.8, 4) is 0 Å². The summed E-state index contributed by atoms with van der Waals surface area (Å²) >= 11 is 1.37. The molecule has 0 radical (unpaired) electrons. The summed E-state index contributed by atoms with van der Waals surface area (Å²) in [5.41, 5.74) is 1.65. The van der Waals surface area contributed by atoms with Crippen LogP contribution in [0.1, 0.15) is 60.5 Å². The second kappa shape index (κ2) is 7.23. The Morgan fingerprint density at radius 3 is 2.54 bits per heavy atom. The van der Waals surface area contributed by atoms with E-state index in [4.69, 9.17) is 0 Å². The number of carbonyl (C=O) groups excluding carboxylic acids is 2. The van der Waals surface area contributed by atoms with Gasteiger partial charge in [-0.25, -0.2) is 0 Å². The van der Waals surface area contributed by atoms with Crippen LogP contribution in [0.2, 0.25) is 0 Å². The molecule has 0 spiro atoms. The average molecular weight is 371 g/mol. The highest BCUT2D eigenvalue weighted by atomic mass is 32.1. The second-order valence-electron chi connectivity index (χ2n) is 7.89. The zero-order valence-electron chi connectivity index (χ0n) is 15.8. The molecule has 0 saturated carbocycles. The molecule has 3 rings (SSSR count). The predicted molar refractivity (Wildman–Crippen MR) is 107 cm³/mol. The number of carbonyl (C=O) groups is 2. The smallest absolute Gasteiger partial charge is 0.264 e. The summed E-state index contributed by atoms with van der Waals surface area (Å²) in [6.45, 7) is 8.35. The summed E-state index contributed by atoms with van der Waals surface area (Å²) < 4.78 is 0. The van der Waals surface area contributed by atoms with Crippen molar-refractivity contribution in [2.45, 2.75) is 46.6 Å². The van der Waals surface area contributed by atoms with E-state index in [1.807, 2.05) is 56.9 Å². The van der Waals surface area contributed by atoms with Gasteiger partial charge in [0.25, 0.3) is 5.91 Å². The fraction of sp³-hybridized carbons (Fsp3) is 0.429. The van der Waals surface area contributed by atoms with Crippen molar-refractivity contribution in [1.29, 1.82) is 0 Å². The Bertz CT molecular complexity index is 805. The van der Waals surface area contributed by atoms with Crippen molar-refractivity contribution in [1.82, 2.24) is 4.90 Å². The van der Waals surface area contributed by atoms with Crippen LogP contribution in [-0.2, 0) is 4.79 Å². The van der Waals surface area contributed by atoms with E-state index < -0.39 is 5.41 Å². The lowest BCUT2D eigenvalue weighted by Gasteiger charge is -2.25. The molecule has 1 fully saturated rings. The second-order valence-corrected chi connectivity index (χ2v) is 8.95. The number of nitrogens with one attached hydrogen (secondary N) is 1. The molecular weight excluding hydrogens is 344 g/mol. The zero-order chi connectivity index (χ0) is 18.9. The van der Waals surface area contributed by atoms with Crippen molar-refractivity contribution in [3.63, 3.8) is 0 Å². The van der Waals surface area contributed by atoms with Gasteiger partial charge in [-0.3, -0.25) is 9.59 Å². The molecule has 138 valence electrons. The van der Waals surface area contributed by atoms with Crippen LogP contribution >= 0.6 is 11.3 Å². The van der Waals surface area contributed by atoms with Crippen LogP contribution in [0.4, 0.5) is 5.00 Å². The summed E-state index contributed by atoms with van der Waals surface area (Å²) in [5, 5.41) is 3.68. The molecule has 1 saturated heterocycles. The number of nitrogens with zero attached hydrogens (tertiary/aromatic N) is 1. The normalized spacial score (nSPS) is 17.4. The minimum Gasteiger partial charge on any atom is -0.331 e. The van der Waals surface area contributed by atoms with Crippen LogP contribution in [0.3, 0.4) is 0 Å². The van der Waals surface area contributed by atoms with E-state index in [1.165, 1.54) is 16.9 Å². The van der Waals surface area contributed by atoms with Crippen molar-refractivity contribution in [2.24, 2.45) is 5.41 Å². The van der Waals surface area contributed by atoms with Crippen LogP contribution in [0.15, 0.2) is 36.4 Å². The monoisotopic (exact) mass is 370 g/mol. The molecule has 4 nitrogen and oxygen atoms in total. The van der Waals surface area contributed by atoms with E-state index in [-0.39, 0.29) is 17.9 Å². The van der Waals surface area contributed by atoms with E-state index in [1.54, 1.807) is 0 Å². The lowest BCUT2D eigenvalue weighted by Crippen LogP contribution is -2.30. The number of hydrogen-bond donors (Lipinski definition) is 1. The number of anilines is 1. The third-order valence-corrected chi connectivity index (χ3v) is 5.87.